The van der Waals surface area contributed by atoms with Crippen molar-refractivity contribution >= 4 is 5.97 Å². The Bertz CT molecular complexity index is 704. The predicted molar refractivity (Wildman–Crippen MR) is 79.2 cm³/mol. The molecule has 0 fully saturated rings. The Balaban J connectivity index is 2.25. The van der Waals surface area contributed by atoms with Crippen LogP contribution in [0.5, 0.6) is 5.75 Å². The van der Waals surface area contributed by atoms with Gasteiger partial charge in [-0.15, -0.1) is 0 Å². The topological polar surface area (TPSA) is 46.5 Å². The van der Waals surface area contributed by atoms with Crippen molar-refractivity contribution in [2.24, 2.45) is 0 Å². The van der Waals surface area contributed by atoms with E-state index < -0.39 is 23.3 Å². The van der Waals surface area contributed by atoms with Gasteiger partial charge < -0.3 is 9.84 Å². The number of alkyl halides is 3. The lowest BCUT2D eigenvalue weighted by molar-refractivity contribution is -0.152. The molecule has 0 bridgehead atoms. The van der Waals surface area contributed by atoms with Gasteiger partial charge in [-0.25, -0.2) is 4.79 Å². The van der Waals surface area contributed by atoms with Gasteiger partial charge in [0.15, 0.2) is 5.60 Å². The van der Waals surface area contributed by atoms with E-state index >= 15 is 0 Å². The Morgan fingerprint density at radius 2 is 1.61 bits per heavy atom. The highest BCUT2D eigenvalue weighted by Crippen LogP contribution is 2.32. The fraction of sp³-hybridized carbons (Fsp3) is 0.235. The highest BCUT2D eigenvalue weighted by atomic mass is 19.4. The van der Waals surface area contributed by atoms with E-state index in [1.807, 2.05) is 0 Å². The van der Waals surface area contributed by atoms with E-state index in [4.69, 9.17) is 9.84 Å². The average molecular weight is 324 g/mol. The number of ether oxygens (including phenoxy) is 1. The SMILES string of the molecule is CC(C)(Oc1ccc(-c2cccc(C(F)(F)F)c2)cc1)C(=O)O. The molecule has 0 aliphatic carbocycles. The number of aliphatic carboxylic acids is 1. The minimum Gasteiger partial charge on any atom is -0.478 e. The summed E-state index contributed by atoms with van der Waals surface area (Å²) >= 11 is 0. The number of hydrogen-bond acceptors (Lipinski definition) is 2. The van der Waals surface area contributed by atoms with Gasteiger partial charge in [-0.05, 0) is 49.2 Å². The van der Waals surface area contributed by atoms with Crippen LogP contribution in [0.15, 0.2) is 48.5 Å². The second kappa shape index (κ2) is 5.95. The van der Waals surface area contributed by atoms with Gasteiger partial charge in [-0.1, -0.05) is 24.3 Å². The molecule has 2 aromatic rings. The zero-order valence-electron chi connectivity index (χ0n) is 12.5. The van der Waals surface area contributed by atoms with Crippen LogP contribution in [0.4, 0.5) is 13.2 Å². The van der Waals surface area contributed by atoms with Crippen molar-refractivity contribution in [3.63, 3.8) is 0 Å². The molecule has 3 nitrogen and oxygen atoms in total. The molecule has 0 spiro atoms. The zero-order chi connectivity index (χ0) is 17.3. The monoisotopic (exact) mass is 324 g/mol. The molecule has 0 atom stereocenters. The molecule has 2 rings (SSSR count). The molecule has 23 heavy (non-hydrogen) atoms. The summed E-state index contributed by atoms with van der Waals surface area (Å²) in [6.45, 7) is 2.83. The first-order valence-electron chi connectivity index (χ1n) is 6.80. The molecular weight excluding hydrogens is 309 g/mol. The predicted octanol–water partition coefficient (Wildman–Crippen LogP) is 4.61. The van der Waals surface area contributed by atoms with Gasteiger partial charge in [-0.2, -0.15) is 13.2 Å². The van der Waals surface area contributed by atoms with Crippen molar-refractivity contribution in [2.45, 2.75) is 25.6 Å². The van der Waals surface area contributed by atoms with Gasteiger partial charge >= 0.3 is 12.1 Å². The molecule has 122 valence electrons. The maximum absolute atomic E-state index is 12.7. The minimum absolute atomic E-state index is 0.327. The smallest absolute Gasteiger partial charge is 0.416 e. The van der Waals surface area contributed by atoms with E-state index in [-0.39, 0.29) is 0 Å². The summed E-state index contributed by atoms with van der Waals surface area (Å²) < 4.78 is 43.6. The van der Waals surface area contributed by atoms with Crippen molar-refractivity contribution in [1.29, 1.82) is 0 Å². The number of carbonyl (C=O) groups is 1. The summed E-state index contributed by atoms with van der Waals surface area (Å²) in [5.41, 5.74) is -1.11. The molecule has 6 heteroatoms. The van der Waals surface area contributed by atoms with Crippen molar-refractivity contribution in [1.82, 2.24) is 0 Å². The van der Waals surface area contributed by atoms with Gasteiger partial charge in [-0.3, -0.25) is 0 Å². The summed E-state index contributed by atoms with van der Waals surface area (Å²) in [5.74, 6) is -0.785. The van der Waals surface area contributed by atoms with Gasteiger partial charge in [0.2, 0.25) is 0 Å². The third-order valence-corrected chi connectivity index (χ3v) is 3.27. The molecule has 1 N–H and O–H groups in total. The molecular formula is C17H15F3O3. The Labute approximate surface area is 131 Å². The first kappa shape index (κ1) is 16.9. The minimum atomic E-state index is -4.40. The van der Waals surface area contributed by atoms with Crippen LogP contribution in [0.2, 0.25) is 0 Å². The standard InChI is InChI=1S/C17H15F3O3/c1-16(2,15(21)22)23-14-8-6-11(7-9-14)12-4-3-5-13(10-12)17(18,19)20/h3-10H,1-2H3,(H,21,22). The highest BCUT2D eigenvalue weighted by Gasteiger charge is 2.31. The second-order valence-corrected chi connectivity index (χ2v) is 5.52. The number of carboxylic acids is 1. The van der Waals surface area contributed by atoms with Crippen molar-refractivity contribution in [2.75, 3.05) is 0 Å². The molecule has 0 aliphatic rings. The van der Waals surface area contributed by atoms with E-state index in [2.05, 4.69) is 0 Å². The Kier molecular flexibility index (Phi) is 4.36. The van der Waals surface area contributed by atoms with Gasteiger partial charge in [0.1, 0.15) is 5.75 Å². The largest absolute Gasteiger partial charge is 0.478 e. The van der Waals surface area contributed by atoms with E-state index in [1.165, 1.54) is 32.0 Å². The summed E-state index contributed by atoms with van der Waals surface area (Å²) in [4.78, 5) is 11.0. The van der Waals surface area contributed by atoms with Crippen LogP contribution in [0, 0.1) is 0 Å². The number of benzene rings is 2. The number of rotatable bonds is 4. The molecule has 0 aromatic heterocycles. The van der Waals surface area contributed by atoms with Crippen LogP contribution in [0.3, 0.4) is 0 Å². The van der Waals surface area contributed by atoms with Crippen LogP contribution in [0.25, 0.3) is 11.1 Å². The van der Waals surface area contributed by atoms with Crippen LogP contribution in [-0.2, 0) is 11.0 Å². The summed E-state index contributed by atoms with van der Waals surface area (Å²) in [7, 11) is 0. The number of halogens is 3. The Hall–Kier alpha value is -2.50. The normalized spacial score (nSPS) is 12.0. The number of hydrogen-bond donors (Lipinski definition) is 1. The van der Waals surface area contributed by atoms with Crippen LogP contribution >= 0.6 is 0 Å². The summed E-state index contributed by atoms with van der Waals surface area (Å²) in [5, 5.41) is 9.01. The van der Waals surface area contributed by atoms with E-state index in [0.717, 1.165) is 12.1 Å². The molecule has 0 amide bonds. The van der Waals surface area contributed by atoms with Gasteiger partial charge in [0.25, 0.3) is 0 Å². The first-order chi connectivity index (χ1) is 10.6. The summed E-state index contributed by atoms with van der Waals surface area (Å²) in [6, 6.07) is 11.2. The molecule has 0 saturated carbocycles. The number of carboxylic acid groups (broad SMARTS) is 1. The second-order valence-electron chi connectivity index (χ2n) is 5.52. The fourth-order valence-electron chi connectivity index (χ4n) is 1.93. The van der Waals surface area contributed by atoms with E-state index in [0.29, 0.717) is 16.9 Å². The van der Waals surface area contributed by atoms with Gasteiger partial charge in [0, 0.05) is 0 Å². The van der Waals surface area contributed by atoms with Crippen LogP contribution in [0.1, 0.15) is 19.4 Å². The molecule has 0 aliphatic heterocycles. The Morgan fingerprint density at radius 1 is 1.00 bits per heavy atom. The first-order valence-corrected chi connectivity index (χ1v) is 6.80. The van der Waals surface area contributed by atoms with Crippen molar-refractivity contribution in [3.8, 4) is 16.9 Å². The molecule has 0 saturated heterocycles. The fourth-order valence-corrected chi connectivity index (χ4v) is 1.93. The lowest BCUT2D eigenvalue weighted by Gasteiger charge is -2.21. The zero-order valence-corrected chi connectivity index (χ0v) is 12.5. The molecule has 0 radical (unpaired) electrons. The quantitative estimate of drug-likeness (QED) is 0.893. The van der Waals surface area contributed by atoms with E-state index in [9.17, 15) is 18.0 Å². The van der Waals surface area contributed by atoms with E-state index in [1.54, 1.807) is 18.2 Å². The van der Waals surface area contributed by atoms with Crippen LogP contribution < -0.4 is 4.74 Å². The lowest BCUT2D eigenvalue weighted by atomic mass is 10.0. The lowest BCUT2D eigenvalue weighted by Crippen LogP contribution is -2.37. The molecule has 0 unspecified atom stereocenters. The third-order valence-electron chi connectivity index (χ3n) is 3.27. The third kappa shape index (κ3) is 4.03. The summed E-state index contributed by atoms with van der Waals surface area (Å²) in [6.07, 6.45) is -4.40. The van der Waals surface area contributed by atoms with Gasteiger partial charge in [0.05, 0.1) is 5.56 Å². The highest BCUT2D eigenvalue weighted by molar-refractivity contribution is 5.76. The molecule has 2 aromatic carbocycles. The molecule has 0 heterocycles. The Morgan fingerprint density at radius 3 is 2.13 bits per heavy atom. The van der Waals surface area contributed by atoms with Crippen LogP contribution in [-0.4, -0.2) is 16.7 Å². The maximum atomic E-state index is 12.7. The van der Waals surface area contributed by atoms with Crippen molar-refractivity contribution in [3.05, 3.63) is 54.1 Å². The van der Waals surface area contributed by atoms with Crippen molar-refractivity contribution < 1.29 is 27.8 Å². The average Bonchev–Trinajstić information content (AvgIpc) is 2.47. The maximum Gasteiger partial charge on any atom is 0.416 e.